The molecule has 1 atom stereocenters. The summed E-state index contributed by atoms with van der Waals surface area (Å²) in [5, 5.41) is 6.44. The molecule has 0 amide bonds. The van der Waals surface area contributed by atoms with E-state index in [0.29, 0.717) is 18.5 Å². The zero-order chi connectivity index (χ0) is 17.4. The predicted molar refractivity (Wildman–Crippen MR) is 107 cm³/mol. The van der Waals surface area contributed by atoms with Crippen molar-refractivity contribution in [1.82, 2.24) is 15.5 Å². The molecule has 2 N–H and O–H groups in total. The van der Waals surface area contributed by atoms with Crippen LogP contribution in [0.3, 0.4) is 0 Å². The molecule has 1 aromatic rings. The number of halogens is 3. The number of ether oxygens (including phenoxy) is 1. The lowest BCUT2D eigenvalue weighted by Crippen LogP contribution is -2.45. The molecule has 0 aromatic heterocycles. The van der Waals surface area contributed by atoms with Gasteiger partial charge < -0.3 is 15.4 Å². The van der Waals surface area contributed by atoms with Gasteiger partial charge in [0.25, 0.3) is 0 Å². The molecule has 1 heterocycles. The highest BCUT2D eigenvalue weighted by Crippen LogP contribution is 2.17. The summed E-state index contributed by atoms with van der Waals surface area (Å²) in [4.78, 5) is 6.63. The van der Waals surface area contributed by atoms with Crippen LogP contribution in [0.2, 0.25) is 0 Å². The van der Waals surface area contributed by atoms with Gasteiger partial charge in [-0.1, -0.05) is 6.92 Å². The van der Waals surface area contributed by atoms with E-state index < -0.39 is 11.6 Å². The maximum absolute atomic E-state index is 13.4. The fourth-order valence-corrected chi connectivity index (χ4v) is 2.90. The SMILES string of the molecule is CCN1CCCC1CNC(=NC)NCCOc1ccc(F)cc1F.I. The van der Waals surface area contributed by atoms with Gasteiger partial charge in [0.05, 0.1) is 6.54 Å². The Labute approximate surface area is 165 Å². The summed E-state index contributed by atoms with van der Waals surface area (Å²) in [5.41, 5.74) is 0. The molecule has 8 heteroatoms. The minimum absolute atomic E-state index is 0. The highest BCUT2D eigenvalue weighted by Gasteiger charge is 2.22. The Hall–Kier alpha value is -1.16. The van der Waals surface area contributed by atoms with Crippen LogP contribution in [0.15, 0.2) is 23.2 Å². The molecular weight excluding hydrogens is 441 g/mol. The van der Waals surface area contributed by atoms with E-state index in [9.17, 15) is 8.78 Å². The number of benzene rings is 1. The molecule has 1 aliphatic heterocycles. The van der Waals surface area contributed by atoms with Gasteiger partial charge in [-0.05, 0) is 38.1 Å². The third-order valence-corrected chi connectivity index (χ3v) is 4.18. The fourth-order valence-electron chi connectivity index (χ4n) is 2.90. The van der Waals surface area contributed by atoms with Crippen LogP contribution in [0.4, 0.5) is 8.78 Å². The molecule has 0 saturated carbocycles. The van der Waals surface area contributed by atoms with Crippen LogP contribution in [0.1, 0.15) is 19.8 Å². The van der Waals surface area contributed by atoms with Crippen molar-refractivity contribution in [3.8, 4) is 5.75 Å². The van der Waals surface area contributed by atoms with E-state index in [4.69, 9.17) is 4.74 Å². The molecule has 0 aliphatic carbocycles. The van der Waals surface area contributed by atoms with Crippen LogP contribution in [-0.2, 0) is 0 Å². The third kappa shape index (κ3) is 6.93. The number of nitrogens with one attached hydrogen (secondary N) is 2. The Bertz CT molecular complexity index is 559. The van der Waals surface area contributed by atoms with Gasteiger partial charge in [0.1, 0.15) is 12.4 Å². The molecule has 25 heavy (non-hydrogen) atoms. The zero-order valence-corrected chi connectivity index (χ0v) is 17.1. The first kappa shape index (κ1) is 21.9. The third-order valence-electron chi connectivity index (χ3n) is 4.18. The van der Waals surface area contributed by atoms with Crippen molar-refractivity contribution < 1.29 is 13.5 Å². The van der Waals surface area contributed by atoms with Crippen molar-refractivity contribution in [2.75, 3.05) is 39.8 Å². The van der Waals surface area contributed by atoms with Crippen molar-refractivity contribution in [3.05, 3.63) is 29.8 Å². The normalized spacial score (nSPS) is 17.9. The van der Waals surface area contributed by atoms with Crippen LogP contribution in [0.25, 0.3) is 0 Å². The molecule has 0 radical (unpaired) electrons. The van der Waals surface area contributed by atoms with Crippen LogP contribution in [0, 0.1) is 11.6 Å². The molecule has 1 aromatic carbocycles. The average Bonchev–Trinajstić information content (AvgIpc) is 3.03. The molecule has 1 fully saturated rings. The van der Waals surface area contributed by atoms with Crippen molar-refractivity contribution in [2.24, 2.45) is 4.99 Å². The summed E-state index contributed by atoms with van der Waals surface area (Å²) in [6.45, 7) is 5.98. The zero-order valence-electron chi connectivity index (χ0n) is 14.7. The lowest BCUT2D eigenvalue weighted by atomic mass is 10.2. The number of aliphatic imine (C=N–C) groups is 1. The van der Waals surface area contributed by atoms with Gasteiger partial charge in [-0.25, -0.2) is 8.78 Å². The highest BCUT2D eigenvalue weighted by atomic mass is 127. The molecule has 2 rings (SSSR count). The van der Waals surface area contributed by atoms with Crippen molar-refractivity contribution in [1.29, 1.82) is 0 Å². The number of nitrogens with zero attached hydrogens (tertiary/aromatic N) is 2. The minimum Gasteiger partial charge on any atom is -0.489 e. The molecule has 0 bridgehead atoms. The van der Waals surface area contributed by atoms with Gasteiger partial charge in [-0.15, -0.1) is 24.0 Å². The van der Waals surface area contributed by atoms with Crippen molar-refractivity contribution in [2.45, 2.75) is 25.8 Å². The topological polar surface area (TPSA) is 48.9 Å². The quantitative estimate of drug-likeness (QED) is 0.280. The summed E-state index contributed by atoms with van der Waals surface area (Å²) in [6.07, 6.45) is 2.44. The van der Waals surface area contributed by atoms with Crippen LogP contribution < -0.4 is 15.4 Å². The van der Waals surface area contributed by atoms with Crippen LogP contribution in [-0.4, -0.2) is 56.7 Å². The number of rotatable bonds is 7. The largest absolute Gasteiger partial charge is 0.489 e. The highest BCUT2D eigenvalue weighted by molar-refractivity contribution is 14.0. The smallest absolute Gasteiger partial charge is 0.191 e. The van der Waals surface area contributed by atoms with E-state index in [2.05, 4.69) is 27.4 Å². The lowest BCUT2D eigenvalue weighted by molar-refractivity contribution is 0.266. The first-order valence-corrected chi connectivity index (χ1v) is 8.40. The van der Waals surface area contributed by atoms with E-state index in [-0.39, 0.29) is 36.3 Å². The summed E-state index contributed by atoms with van der Waals surface area (Å²) in [6, 6.07) is 3.81. The number of guanidine groups is 1. The van der Waals surface area contributed by atoms with Gasteiger partial charge in [-0.2, -0.15) is 0 Å². The first-order valence-electron chi connectivity index (χ1n) is 8.40. The van der Waals surface area contributed by atoms with Gasteiger partial charge in [0.2, 0.25) is 0 Å². The molecular formula is C17H27F2IN4O. The fraction of sp³-hybridized carbons (Fsp3) is 0.588. The number of hydrogen-bond donors (Lipinski definition) is 2. The molecule has 1 aliphatic rings. The van der Waals surface area contributed by atoms with Crippen LogP contribution in [0.5, 0.6) is 5.75 Å². The minimum atomic E-state index is -0.696. The van der Waals surface area contributed by atoms with Crippen molar-refractivity contribution >= 4 is 29.9 Å². The summed E-state index contributed by atoms with van der Waals surface area (Å²) < 4.78 is 31.6. The Morgan fingerprint density at radius 1 is 1.36 bits per heavy atom. The van der Waals surface area contributed by atoms with Gasteiger partial charge in [0, 0.05) is 25.7 Å². The van der Waals surface area contributed by atoms with E-state index in [0.717, 1.165) is 25.7 Å². The number of hydrogen-bond acceptors (Lipinski definition) is 3. The van der Waals surface area contributed by atoms with E-state index in [1.54, 1.807) is 7.05 Å². The van der Waals surface area contributed by atoms with Crippen molar-refractivity contribution in [3.63, 3.8) is 0 Å². The summed E-state index contributed by atoms with van der Waals surface area (Å²) in [7, 11) is 1.71. The second kappa shape index (κ2) is 11.5. The van der Waals surface area contributed by atoms with Crippen LogP contribution >= 0.6 is 24.0 Å². The Morgan fingerprint density at radius 3 is 2.84 bits per heavy atom. The number of likely N-dealkylation sites (tertiary alicyclic amines) is 1. The molecule has 1 unspecified atom stereocenters. The molecule has 5 nitrogen and oxygen atoms in total. The van der Waals surface area contributed by atoms with E-state index >= 15 is 0 Å². The first-order chi connectivity index (χ1) is 11.6. The number of likely N-dealkylation sites (N-methyl/N-ethyl adjacent to an activating group) is 1. The van der Waals surface area contributed by atoms with Gasteiger partial charge >= 0.3 is 0 Å². The summed E-state index contributed by atoms with van der Waals surface area (Å²) >= 11 is 0. The second-order valence-electron chi connectivity index (χ2n) is 5.73. The second-order valence-corrected chi connectivity index (χ2v) is 5.73. The van der Waals surface area contributed by atoms with Gasteiger partial charge in [-0.3, -0.25) is 9.89 Å². The van der Waals surface area contributed by atoms with E-state index in [1.165, 1.54) is 25.0 Å². The Kier molecular flexibility index (Phi) is 10.0. The Balaban J connectivity index is 0.00000312. The summed E-state index contributed by atoms with van der Waals surface area (Å²) in [5.74, 6) is -0.569. The van der Waals surface area contributed by atoms with E-state index in [1.807, 2.05) is 0 Å². The monoisotopic (exact) mass is 468 g/mol. The lowest BCUT2D eigenvalue weighted by Gasteiger charge is -2.24. The molecule has 1 saturated heterocycles. The molecule has 142 valence electrons. The average molecular weight is 468 g/mol. The van der Waals surface area contributed by atoms with Gasteiger partial charge in [0.15, 0.2) is 17.5 Å². The Morgan fingerprint density at radius 2 is 2.16 bits per heavy atom. The molecule has 0 spiro atoms. The predicted octanol–water partition coefficient (Wildman–Crippen LogP) is 2.61. The maximum Gasteiger partial charge on any atom is 0.191 e. The standard InChI is InChI=1S/C17H26F2N4O.HI/c1-3-23-9-4-5-14(23)12-22-17(20-2)21-8-10-24-16-7-6-13(18)11-15(16)19;/h6-7,11,14H,3-5,8-10,12H2,1-2H3,(H2,20,21,22);1H. The maximum atomic E-state index is 13.4.